The molecular formula is C14H22BrClN4O. The monoisotopic (exact) mass is 376 g/mol. The molecule has 1 heterocycles. The Labute approximate surface area is 139 Å². The molecule has 0 aliphatic carbocycles. The minimum Gasteiger partial charge on any atom is -0.338 e. The van der Waals surface area contributed by atoms with Crippen molar-refractivity contribution in [3.05, 3.63) is 34.3 Å². The summed E-state index contributed by atoms with van der Waals surface area (Å²) in [4.78, 5) is 11.7. The number of hydrazine groups is 1. The van der Waals surface area contributed by atoms with E-state index in [4.69, 9.17) is 5.73 Å². The lowest BCUT2D eigenvalue weighted by atomic mass is 9.90. The summed E-state index contributed by atoms with van der Waals surface area (Å²) in [5.41, 5.74) is 13.2. The van der Waals surface area contributed by atoms with Crippen molar-refractivity contribution in [3.8, 4) is 0 Å². The van der Waals surface area contributed by atoms with Gasteiger partial charge in [0.2, 0.25) is 5.91 Å². The van der Waals surface area contributed by atoms with Gasteiger partial charge in [0, 0.05) is 10.4 Å². The van der Waals surface area contributed by atoms with Crippen molar-refractivity contribution in [2.75, 3.05) is 0 Å². The van der Waals surface area contributed by atoms with Crippen LogP contribution in [0.5, 0.6) is 0 Å². The number of hydrogen-bond acceptors (Lipinski definition) is 4. The summed E-state index contributed by atoms with van der Waals surface area (Å²) in [6.07, 6.45) is 0.845. The summed E-state index contributed by atoms with van der Waals surface area (Å²) in [5, 5.41) is 2.94. The van der Waals surface area contributed by atoms with Crippen LogP contribution in [0.25, 0.3) is 0 Å². The van der Waals surface area contributed by atoms with Crippen molar-refractivity contribution in [1.82, 2.24) is 16.2 Å². The van der Waals surface area contributed by atoms with Gasteiger partial charge >= 0.3 is 0 Å². The maximum Gasteiger partial charge on any atom is 0.237 e. The summed E-state index contributed by atoms with van der Waals surface area (Å²) in [7, 11) is 0. The molecule has 5 nitrogen and oxygen atoms in total. The predicted molar refractivity (Wildman–Crippen MR) is 89.8 cm³/mol. The first-order chi connectivity index (χ1) is 9.52. The van der Waals surface area contributed by atoms with E-state index in [0.29, 0.717) is 0 Å². The average molecular weight is 378 g/mol. The summed E-state index contributed by atoms with van der Waals surface area (Å²) in [5.74, 6) is 0.137. The zero-order valence-corrected chi connectivity index (χ0v) is 14.5. The lowest BCUT2D eigenvalue weighted by Crippen LogP contribution is -2.51. The van der Waals surface area contributed by atoms with Crippen molar-refractivity contribution < 1.29 is 4.79 Å². The third kappa shape index (κ3) is 4.40. The van der Waals surface area contributed by atoms with Crippen molar-refractivity contribution in [1.29, 1.82) is 0 Å². The normalized spacial score (nSPS) is 26.0. The van der Waals surface area contributed by atoms with E-state index in [9.17, 15) is 4.79 Å². The standard InChI is InChI=1S/C14H21BrN4O.ClH/c1-3-11-12(9-4-6-10(15)7-5-9)18-19-13(11)17-14(20)8(2)16;/h4-8,11-13,18-19H,3,16H2,1-2H3,(H,17,20);1H/t8-,11?,12?,13?;/m0./s1. The maximum atomic E-state index is 11.7. The number of carbonyl (C=O) groups is 1. The van der Waals surface area contributed by atoms with Crippen LogP contribution in [-0.4, -0.2) is 18.1 Å². The van der Waals surface area contributed by atoms with Gasteiger partial charge in [-0.15, -0.1) is 12.4 Å². The minimum atomic E-state index is -0.499. The van der Waals surface area contributed by atoms with Gasteiger partial charge in [-0.1, -0.05) is 35.0 Å². The van der Waals surface area contributed by atoms with Crippen LogP contribution in [0.4, 0.5) is 0 Å². The highest BCUT2D eigenvalue weighted by atomic mass is 79.9. The van der Waals surface area contributed by atoms with Crippen LogP contribution in [0.3, 0.4) is 0 Å². The number of halogens is 2. The number of rotatable bonds is 4. The Balaban J connectivity index is 0.00000220. The third-order valence-electron chi connectivity index (χ3n) is 3.66. The zero-order chi connectivity index (χ0) is 14.7. The second kappa shape index (κ2) is 8.10. The molecule has 1 aromatic carbocycles. The lowest BCUT2D eigenvalue weighted by molar-refractivity contribution is -0.123. The minimum absolute atomic E-state index is 0. The van der Waals surface area contributed by atoms with E-state index in [1.807, 2.05) is 12.1 Å². The summed E-state index contributed by atoms with van der Waals surface area (Å²) >= 11 is 3.44. The van der Waals surface area contributed by atoms with E-state index in [1.165, 1.54) is 5.56 Å². The van der Waals surface area contributed by atoms with Gasteiger partial charge in [0.25, 0.3) is 0 Å². The van der Waals surface area contributed by atoms with Gasteiger partial charge in [0.15, 0.2) is 0 Å². The molecule has 0 saturated carbocycles. The Hall–Kier alpha value is -0.660. The number of amides is 1. The van der Waals surface area contributed by atoms with Crippen LogP contribution in [-0.2, 0) is 4.79 Å². The molecule has 1 aromatic rings. The molecule has 3 unspecified atom stereocenters. The molecule has 21 heavy (non-hydrogen) atoms. The van der Waals surface area contributed by atoms with Gasteiger partial charge in [-0.25, -0.2) is 10.9 Å². The highest BCUT2D eigenvalue weighted by Gasteiger charge is 2.36. The third-order valence-corrected chi connectivity index (χ3v) is 4.19. The summed E-state index contributed by atoms with van der Waals surface area (Å²) in [6.45, 7) is 3.81. The smallest absolute Gasteiger partial charge is 0.237 e. The molecule has 1 saturated heterocycles. The van der Waals surface area contributed by atoms with Crippen LogP contribution >= 0.6 is 28.3 Å². The highest BCUT2D eigenvalue weighted by Crippen LogP contribution is 2.30. The van der Waals surface area contributed by atoms with Crippen LogP contribution < -0.4 is 21.9 Å². The van der Waals surface area contributed by atoms with Gasteiger partial charge in [0.05, 0.1) is 18.2 Å². The Morgan fingerprint density at radius 3 is 2.52 bits per heavy atom. The fourth-order valence-corrected chi connectivity index (χ4v) is 2.75. The van der Waals surface area contributed by atoms with Crippen LogP contribution in [0.15, 0.2) is 28.7 Å². The molecule has 1 amide bonds. The average Bonchev–Trinajstić information content (AvgIpc) is 2.82. The molecule has 1 aliphatic heterocycles. The molecule has 0 aromatic heterocycles. The van der Waals surface area contributed by atoms with E-state index in [-0.39, 0.29) is 36.4 Å². The molecule has 0 spiro atoms. The van der Waals surface area contributed by atoms with E-state index >= 15 is 0 Å². The van der Waals surface area contributed by atoms with Gasteiger partial charge in [-0.3, -0.25) is 4.79 Å². The second-order valence-electron chi connectivity index (χ2n) is 5.16. The fraction of sp³-hybridized carbons (Fsp3) is 0.500. The number of carbonyl (C=O) groups excluding carboxylic acids is 1. The molecule has 2 rings (SSSR count). The van der Waals surface area contributed by atoms with Gasteiger partial charge in [0.1, 0.15) is 0 Å². The quantitative estimate of drug-likeness (QED) is 0.645. The molecular weight excluding hydrogens is 356 g/mol. The van der Waals surface area contributed by atoms with Crippen LogP contribution in [0.1, 0.15) is 31.9 Å². The molecule has 1 aliphatic rings. The Morgan fingerprint density at radius 1 is 1.38 bits per heavy atom. The molecule has 1 fully saturated rings. The first-order valence-electron chi connectivity index (χ1n) is 6.85. The van der Waals surface area contributed by atoms with E-state index in [2.05, 4.69) is 51.2 Å². The first-order valence-corrected chi connectivity index (χ1v) is 7.64. The SMILES string of the molecule is CCC1C(NC(=O)[C@H](C)N)NNC1c1ccc(Br)cc1.Cl. The molecule has 0 radical (unpaired) electrons. The molecule has 0 bridgehead atoms. The van der Waals surface area contributed by atoms with Crippen LogP contribution in [0, 0.1) is 5.92 Å². The zero-order valence-electron chi connectivity index (χ0n) is 12.1. The van der Waals surface area contributed by atoms with Gasteiger partial charge < -0.3 is 11.1 Å². The Kier molecular flexibility index (Phi) is 7.09. The van der Waals surface area contributed by atoms with E-state index in [0.717, 1.165) is 10.9 Å². The maximum absolute atomic E-state index is 11.7. The number of benzene rings is 1. The summed E-state index contributed by atoms with van der Waals surface area (Å²) in [6, 6.07) is 7.89. The van der Waals surface area contributed by atoms with Gasteiger partial charge in [-0.05, 0) is 31.0 Å². The summed E-state index contributed by atoms with van der Waals surface area (Å²) < 4.78 is 1.06. The molecule has 4 atom stereocenters. The predicted octanol–water partition coefficient (Wildman–Crippen LogP) is 1.84. The number of nitrogens with one attached hydrogen (secondary N) is 3. The van der Waals surface area contributed by atoms with E-state index in [1.54, 1.807) is 6.92 Å². The molecule has 5 N–H and O–H groups in total. The highest BCUT2D eigenvalue weighted by molar-refractivity contribution is 9.10. The molecule has 118 valence electrons. The Morgan fingerprint density at radius 2 is 2.00 bits per heavy atom. The topological polar surface area (TPSA) is 79.2 Å². The lowest BCUT2D eigenvalue weighted by Gasteiger charge is -2.23. The molecule has 7 heteroatoms. The van der Waals surface area contributed by atoms with Gasteiger partial charge in [-0.2, -0.15) is 0 Å². The van der Waals surface area contributed by atoms with Crippen molar-refractivity contribution in [2.24, 2.45) is 11.7 Å². The first kappa shape index (κ1) is 18.4. The largest absolute Gasteiger partial charge is 0.338 e. The second-order valence-corrected chi connectivity index (χ2v) is 6.08. The van der Waals surface area contributed by atoms with Crippen molar-refractivity contribution in [2.45, 2.75) is 38.5 Å². The fourth-order valence-electron chi connectivity index (χ4n) is 2.49. The van der Waals surface area contributed by atoms with E-state index < -0.39 is 6.04 Å². The van der Waals surface area contributed by atoms with Crippen molar-refractivity contribution in [3.63, 3.8) is 0 Å². The van der Waals surface area contributed by atoms with Crippen LogP contribution in [0.2, 0.25) is 0 Å². The Bertz CT molecular complexity index is 469. The number of hydrogen-bond donors (Lipinski definition) is 4. The number of nitrogens with two attached hydrogens (primary N) is 1. The van der Waals surface area contributed by atoms with Crippen molar-refractivity contribution >= 4 is 34.2 Å².